The van der Waals surface area contributed by atoms with Crippen molar-refractivity contribution in [1.82, 2.24) is 28.7 Å². The van der Waals surface area contributed by atoms with Crippen LogP contribution in [0, 0.1) is 10.8 Å². The number of hydrogen-bond donors (Lipinski definition) is 0. The van der Waals surface area contributed by atoms with Crippen LogP contribution in [0.3, 0.4) is 0 Å². The lowest BCUT2D eigenvalue weighted by atomic mass is 9.84. The number of amides is 2. The van der Waals surface area contributed by atoms with E-state index < -0.39 is 22.8 Å². The van der Waals surface area contributed by atoms with Gasteiger partial charge in [0.15, 0.2) is 13.5 Å². The molecule has 11 rings (SSSR count). The molecule has 20 heteroatoms. The monoisotopic (exact) mass is 1260 g/mol. The fourth-order valence-electron chi connectivity index (χ4n) is 12.7. The average Bonchev–Trinajstić information content (AvgIpc) is 1.73. The van der Waals surface area contributed by atoms with Gasteiger partial charge in [0.25, 0.3) is 11.1 Å². The second-order valence-electron chi connectivity index (χ2n) is 25.7. The zero-order chi connectivity index (χ0) is 62.8. The summed E-state index contributed by atoms with van der Waals surface area (Å²) in [5, 5.41) is 8.61. The van der Waals surface area contributed by atoms with Crippen LogP contribution in [0.4, 0.5) is 11.4 Å². The highest BCUT2D eigenvalue weighted by molar-refractivity contribution is 7.17. The Bertz CT molecular complexity index is 3690. The highest BCUT2D eigenvalue weighted by Gasteiger charge is 2.34. The SMILES string of the molecule is CC(C)(CC(=O)OCn1c(=O)ccc2ccc(OCCCCN3CCN(c4cccc5sccc45)CC3)cc21)CC(=O)N1CCN(C(=O)CC(C)(C)CC(=O)OCn2c(=O)ccc3ccc(OCCCCN4CCN(c5cccc6sccc56)CC4)cc32)CC1. The molecule has 0 radical (unpaired) electrons. The number of anilines is 2. The maximum atomic E-state index is 13.7. The van der Waals surface area contributed by atoms with Crippen LogP contribution in [-0.2, 0) is 42.1 Å². The summed E-state index contributed by atoms with van der Waals surface area (Å²) < 4.78 is 29.2. The Morgan fingerprint density at radius 2 is 0.856 bits per heavy atom. The molecule has 3 aliphatic heterocycles. The zero-order valence-electron chi connectivity index (χ0n) is 52.4. The molecular formula is C70H84N8O10S2. The molecule has 4 aromatic heterocycles. The zero-order valence-corrected chi connectivity index (χ0v) is 54.0. The number of thiophene rings is 2. The maximum Gasteiger partial charge on any atom is 0.308 e. The highest BCUT2D eigenvalue weighted by Crippen LogP contribution is 2.34. The number of fused-ring (bicyclic) bond motifs is 4. The van der Waals surface area contributed by atoms with E-state index in [9.17, 15) is 28.8 Å². The first-order valence-corrected chi connectivity index (χ1v) is 33.5. The number of piperazine rings is 3. The summed E-state index contributed by atoms with van der Waals surface area (Å²) in [4.78, 5) is 93.8. The van der Waals surface area contributed by atoms with E-state index in [2.05, 4.69) is 78.9 Å². The van der Waals surface area contributed by atoms with E-state index in [0.29, 0.717) is 61.9 Å². The summed E-state index contributed by atoms with van der Waals surface area (Å²) in [7, 11) is 0. The molecule has 90 heavy (non-hydrogen) atoms. The lowest BCUT2D eigenvalue weighted by molar-refractivity contribution is -0.152. The molecule has 2 amide bonds. The third-order valence-electron chi connectivity index (χ3n) is 17.8. The van der Waals surface area contributed by atoms with Crippen molar-refractivity contribution in [2.45, 2.75) is 92.5 Å². The van der Waals surface area contributed by atoms with Crippen LogP contribution in [0.5, 0.6) is 11.5 Å². The number of carbonyl (C=O) groups excluding carboxylic acids is 4. The first-order chi connectivity index (χ1) is 43.5. The van der Waals surface area contributed by atoms with E-state index in [-0.39, 0.29) is 62.1 Å². The summed E-state index contributed by atoms with van der Waals surface area (Å²) in [5.41, 5.74) is 1.70. The molecule has 0 spiro atoms. The van der Waals surface area contributed by atoms with Crippen molar-refractivity contribution < 1.29 is 38.1 Å². The first kappa shape index (κ1) is 63.8. The molecule has 8 aromatic rings. The normalized spacial score (nSPS) is 15.5. The van der Waals surface area contributed by atoms with Gasteiger partial charge >= 0.3 is 11.9 Å². The van der Waals surface area contributed by atoms with Gasteiger partial charge in [-0.3, -0.25) is 47.7 Å². The standard InChI is InChI=1S/C70H84N8O10S2/c1-69(2,47-67(83)87-49-77-59-43-53(19-15-51(59)17-21-63(77)79)85-39-7-5-25-71-27-31-73(32-28-71)57-11-9-13-61-55(57)23-41-89-61)45-65(81)75-35-37-76(38-36-75)66(82)46-70(3,4)48-68(84)88-50-78-60-44-54(20-16-52(60)18-22-64(78)80)86-40-8-6-26-72-29-33-74(34-30-72)58-12-10-14-62-56(58)24-42-90-62/h9-24,41-44H,5-8,25-40,45-50H2,1-4H3. The Kier molecular flexibility index (Phi) is 20.6. The molecule has 3 aliphatic rings. The molecule has 0 saturated carbocycles. The number of esters is 2. The second-order valence-corrected chi connectivity index (χ2v) is 27.6. The molecule has 7 heterocycles. The van der Waals surface area contributed by atoms with Gasteiger partial charge in [-0.15, -0.1) is 22.7 Å². The van der Waals surface area contributed by atoms with Crippen LogP contribution in [0.1, 0.15) is 79.1 Å². The molecule has 476 valence electrons. The molecule has 0 N–H and O–H groups in total. The number of nitrogens with zero attached hydrogens (tertiary/aromatic N) is 8. The highest BCUT2D eigenvalue weighted by atomic mass is 32.1. The summed E-state index contributed by atoms with van der Waals surface area (Å²) >= 11 is 3.57. The quantitative estimate of drug-likeness (QED) is 0.0371. The number of carbonyl (C=O) groups is 4. The van der Waals surface area contributed by atoms with Crippen LogP contribution < -0.4 is 30.4 Å². The van der Waals surface area contributed by atoms with Crippen molar-refractivity contribution in [3.63, 3.8) is 0 Å². The van der Waals surface area contributed by atoms with Crippen LogP contribution >= 0.6 is 22.7 Å². The number of aromatic nitrogens is 2. The summed E-state index contributed by atoms with van der Waals surface area (Å²) in [6, 6.07) is 35.2. The van der Waals surface area contributed by atoms with E-state index in [0.717, 1.165) is 102 Å². The first-order valence-electron chi connectivity index (χ1n) is 31.8. The molecule has 0 unspecified atom stereocenters. The van der Waals surface area contributed by atoms with E-state index in [1.54, 1.807) is 44.6 Å². The van der Waals surface area contributed by atoms with Gasteiger partial charge < -0.3 is 38.5 Å². The van der Waals surface area contributed by atoms with E-state index in [1.807, 2.05) is 64.1 Å². The Morgan fingerprint density at radius 1 is 0.456 bits per heavy atom. The smallest absolute Gasteiger partial charge is 0.308 e. The summed E-state index contributed by atoms with van der Waals surface area (Å²) in [5.74, 6) is -0.0667. The number of rotatable bonds is 26. The largest absolute Gasteiger partial charge is 0.494 e. The Balaban J connectivity index is 0.565. The van der Waals surface area contributed by atoms with Crippen LogP contribution in [-0.4, -0.2) is 157 Å². The minimum Gasteiger partial charge on any atom is -0.494 e. The van der Waals surface area contributed by atoms with Gasteiger partial charge in [-0.2, -0.15) is 0 Å². The molecule has 18 nitrogen and oxygen atoms in total. The molecule has 0 bridgehead atoms. The molecular weight excluding hydrogens is 1180 g/mol. The van der Waals surface area contributed by atoms with Gasteiger partial charge in [0, 0.05) is 147 Å². The van der Waals surface area contributed by atoms with Gasteiger partial charge in [-0.05, 0) is 144 Å². The topological polar surface area (TPSA) is 169 Å². The number of unbranched alkanes of at least 4 members (excludes halogenated alkanes) is 2. The van der Waals surface area contributed by atoms with E-state index >= 15 is 0 Å². The van der Waals surface area contributed by atoms with Gasteiger partial charge in [-0.25, -0.2) is 0 Å². The predicted molar refractivity (Wildman–Crippen MR) is 358 cm³/mol. The molecule has 4 aromatic carbocycles. The fourth-order valence-corrected chi connectivity index (χ4v) is 14.3. The number of hydrogen-bond acceptors (Lipinski definition) is 16. The predicted octanol–water partition coefficient (Wildman–Crippen LogP) is 10.7. The summed E-state index contributed by atoms with van der Waals surface area (Å²) in [6.45, 7) is 19.3. The van der Waals surface area contributed by atoms with Crippen molar-refractivity contribution in [3.8, 4) is 11.5 Å². The minimum absolute atomic E-state index is 0.0481. The van der Waals surface area contributed by atoms with Crippen molar-refractivity contribution in [3.05, 3.63) is 141 Å². The maximum absolute atomic E-state index is 13.7. The van der Waals surface area contributed by atoms with Gasteiger partial charge in [0.1, 0.15) is 11.5 Å². The number of pyridine rings is 2. The minimum atomic E-state index is -0.754. The molecule has 3 fully saturated rings. The lowest BCUT2D eigenvalue weighted by Crippen LogP contribution is -2.51. The van der Waals surface area contributed by atoms with Crippen LogP contribution in [0.15, 0.2) is 130 Å². The number of ether oxygens (including phenoxy) is 4. The van der Waals surface area contributed by atoms with Crippen molar-refractivity contribution in [2.24, 2.45) is 10.8 Å². The number of benzene rings is 4. The van der Waals surface area contributed by atoms with Crippen molar-refractivity contribution in [1.29, 1.82) is 0 Å². The molecule has 3 saturated heterocycles. The Labute approximate surface area is 534 Å². The van der Waals surface area contributed by atoms with E-state index in [1.165, 1.54) is 52.8 Å². The third kappa shape index (κ3) is 16.2. The Morgan fingerprint density at radius 3 is 1.27 bits per heavy atom. The molecule has 0 atom stereocenters. The van der Waals surface area contributed by atoms with Crippen LogP contribution in [0.2, 0.25) is 0 Å². The molecule has 0 aliphatic carbocycles. The third-order valence-corrected chi connectivity index (χ3v) is 19.5. The second kappa shape index (κ2) is 29.0. The Hall–Kier alpha value is -7.78. The van der Waals surface area contributed by atoms with Gasteiger partial charge in [-0.1, -0.05) is 39.8 Å². The van der Waals surface area contributed by atoms with E-state index in [4.69, 9.17) is 18.9 Å². The van der Waals surface area contributed by atoms with Crippen LogP contribution in [0.25, 0.3) is 42.0 Å². The summed E-state index contributed by atoms with van der Waals surface area (Å²) in [6.07, 6.45) is 3.85. The van der Waals surface area contributed by atoms with Crippen molar-refractivity contribution >= 4 is 99.8 Å². The van der Waals surface area contributed by atoms with Crippen molar-refractivity contribution in [2.75, 3.05) is 115 Å². The van der Waals surface area contributed by atoms with Gasteiger partial charge in [0.05, 0.1) is 37.1 Å². The fraction of sp³-hybridized carbons (Fsp3) is 0.457. The average molecular weight is 1260 g/mol. The lowest BCUT2D eigenvalue weighted by Gasteiger charge is -2.37. The van der Waals surface area contributed by atoms with Gasteiger partial charge in [0.2, 0.25) is 11.8 Å².